The molecular weight excluding hydrogens is 477 g/mol. The summed E-state index contributed by atoms with van der Waals surface area (Å²) in [7, 11) is 0. The van der Waals surface area contributed by atoms with Gasteiger partial charge < -0.3 is 10.4 Å². The van der Waals surface area contributed by atoms with E-state index in [-0.39, 0.29) is 47.3 Å². The Bertz CT molecular complexity index is 843. The van der Waals surface area contributed by atoms with Crippen LogP contribution in [0, 0.1) is 0 Å². The largest absolute Gasteiger partial charge is 0.391 e. The highest BCUT2D eigenvalue weighted by Crippen LogP contribution is 2.25. The van der Waals surface area contributed by atoms with E-state index in [9.17, 15) is 14.7 Å². The van der Waals surface area contributed by atoms with E-state index in [0.717, 1.165) is 13.0 Å². The summed E-state index contributed by atoms with van der Waals surface area (Å²) in [4.78, 5) is 29.0. The lowest BCUT2D eigenvalue weighted by Crippen LogP contribution is -2.46. The Labute approximate surface area is 168 Å². The molecule has 0 aliphatic carbocycles. The number of carbonyl (C=O) groups is 1. The fourth-order valence-electron chi connectivity index (χ4n) is 2.91. The third kappa shape index (κ3) is 4.68. The number of Topliss-reactive ketones (excluding diaryl/α,β-unsaturated/α-hetero) is 1. The van der Waals surface area contributed by atoms with Crippen LogP contribution in [-0.4, -0.2) is 39.1 Å². The lowest BCUT2D eigenvalue weighted by molar-refractivity contribution is -0.121. The number of nitrogens with zero attached hydrogens (tertiary/aromatic N) is 2. The summed E-state index contributed by atoms with van der Waals surface area (Å²) in [5.41, 5.74) is 0.212. The highest BCUT2D eigenvalue weighted by Gasteiger charge is 2.25. The van der Waals surface area contributed by atoms with Gasteiger partial charge in [-0.25, -0.2) is 4.98 Å². The molecule has 1 aromatic carbocycles. The Kier molecular flexibility index (Phi) is 7.16. The summed E-state index contributed by atoms with van der Waals surface area (Å²) in [5.74, 6) is -0.125. The van der Waals surface area contributed by atoms with Crippen LogP contribution < -0.4 is 10.9 Å². The molecule has 0 spiro atoms. The number of hydrogen-bond donors (Lipinski definition) is 2. The zero-order valence-electron chi connectivity index (χ0n) is 13.2. The SMILES string of the molecule is Br.O=C(C[C@H]1NCCC[C@H]1O)Cn1cnc2cc(Br)c(Cl)cc2c1=O. The van der Waals surface area contributed by atoms with Gasteiger partial charge in [0, 0.05) is 16.9 Å². The number of ketones is 1. The highest BCUT2D eigenvalue weighted by atomic mass is 79.9. The average Bonchev–Trinajstić information content (AvgIpc) is 2.54. The first-order chi connectivity index (χ1) is 11.5. The molecule has 1 aliphatic heterocycles. The molecular formula is C16H18Br2ClN3O3. The van der Waals surface area contributed by atoms with E-state index in [1.807, 2.05) is 0 Å². The van der Waals surface area contributed by atoms with Crippen molar-refractivity contribution in [3.63, 3.8) is 0 Å². The number of piperidine rings is 1. The predicted molar refractivity (Wildman–Crippen MR) is 106 cm³/mol. The van der Waals surface area contributed by atoms with Gasteiger partial charge in [-0.05, 0) is 47.4 Å². The van der Waals surface area contributed by atoms with Crippen molar-refractivity contribution in [1.29, 1.82) is 0 Å². The molecule has 1 saturated heterocycles. The van der Waals surface area contributed by atoms with Crippen LogP contribution in [0.25, 0.3) is 10.9 Å². The Morgan fingerprint density at radius 3 is 2.96 bits per heavy atom. The number of benzene rings is 1. The zero-order chi connectivity index (χ0) is 17.3. The first kappa shape index (κ1) is 20.5. The minimum Gasteiger partial charge on any atom is -0.391 e. The van der Waals surface area contributed by atoms with Crippen molar-refractivity contribution < 1.29 is 9.90 Å². The number of carbonyl (C=O) groups excluding carboxylic acids is 1. The number of rotatable bonds is 4. The zero-order valence-corrected chi connectivity index (χ0v) is 17.3. The average molecular weight is 496 g/mol. The Morgan fingerprint density at radius 2 is 2.24 bits per heavy atom. The van der Waals surface area contributed by atoms with Crippen molar-refractivity contribution in [2.24, 2.45) is 0 Å². The van der Waals surface area contributed by atoms with Gasteiger partial charge in [-0.1, -0.05) is 11.6 Å². The Balaban J connectivity index is 0.00000225. The fraction of sp³-hybridized carbons (Fsp3) is 0.438. The minimum atomic E-state index is -0.523. The van der Waals surface area contributed by atoms with Gasteiger partial charge in [-0.2, -0.15) is 0 Å². The topological polar surface area (TPSA) is 84.2 Å². The molecule has 0 saturated carbocycles. The minimum absolute atomic E-state index is 0. The molecule has 0 amide bonds. The van der Waals surface area contributed by atoms with E-state index in [1.54, 1.807) is 12.1 Å². The molecule has 1 fully saturated rings. The number of nitrogens with one attached hydrogen (secondary N) is 1. The fourth-order valence-corrected chi connectivity index (χ4v) is 3.40. The second-order valence-electron chi connectivity index (χ2n) is 5.97. The second kappa shape index (κ2) is 8.73. The summed E-state index contributed by atoms with van der Waals surface area (Å²) in [5, 5.41) is 13.9. The third-order valence-electron chi connectivity index (χ3n) is 4.21. The molecule has 6 nitrogen and oxygen atoms in total. The molecule has 0 bridgehead atoms. The van der Waals surface area contributed by atoms with E-state index in [4.69, 9.17) is 11.6 Å². The number of aromatic nitrogens is 2. The van der Waals surface area contributed by atoms with E-state index in [1.165, 1.54) is 10.9 Å². The first-order valence-corrected chi connectivity index (χ1v) is 8.90. The molecule has 2 heterocycles. The summed E-state index contributed by atoms with van der Waals surface area (Å²) in [6.45, 7) is 0.722. The first-order valence-electron chi connectivity index (χ1n) is 7.73. The lowest BCUT2D eigenvalue weighted by Gasteiger charge is -2.28. The normalized spacial score (nSPS) is 20.3. The van der Waals surface area contributed by atoms with Crippen LogP contribution in [0.1, 0.15) is 19.3 Å². The quantitative estimate of drug-likeness (QED) is 0.681. The number of fused-ring (bicyclic) bond motifs is 1. The predicted octanol–water partition coefficient (Wildman–Crippen LogP) is 2.46. The van der Waals surface area contributed by atoms with Crippen LogP contribution in [0.15, 0.2) is 27.7 Å². The van der Waals surface area contributed by atoms with E-state index < -0.39 is 6.10 Å². The maximum atomic E-state index is 12.5. The molecule has 9 heteroatoms. The van der Waals surface area contributed by atoms with Gasteiger partial charge in [0.25, 0.3) is 5.56 Å². The molecule has 2 atom stereocenters. The number of aliphatic hydroxyl groups is 1. The lowest BCUT2D eigenvalue weighted by atomic mass is 9.97. The monoisotopic (exact) mass is 493 g/mol. The maximum Gasteiger partial charge on any atom is 0.261 e. The number of halogens is 3. The van der Waals surface area contributed by atoms with Gasteiger partial charge >= 0.3 is 0 Å². The molecule has 0 radical (unpaired) electrons. The maximum absolute atomic E-state index is 12.5. The molecule has 136 valence electrons. The van der Waals surface area contributed by atoms with Crippen LogP contribution in [0.2, 0.25) is 5.02 Å². The van der Waals surface area contributed by atoms with Gasteiger partial charge in [0.2, 0.25) is 0 Å². The van der Waals surface area contributed by atoms with E-state index >= 15 is 0 Å². The van der Waals surface area contributed by atoms with Crippen molar-refractivity contribution in [3.8, 4) is 0 Å². The third-order valence-corrected chi connectivity index (χ3v) is 5.41. The van der Waals surface area contributed by atoms with Gasteiger partial charge in [0.05, 0.1) is 34.9 Å². The van der Waals surface area contributed by atoms with Crippen LogP contribution in [0.5, 0.6) is 0 Å². The summed E-state index contributed by atoms with van der Waals surface area (Å²) < 4.78 is 1.94. The summed E-state index contributed by atoms with van der Waals surface area (Å²) in [6.07, 6.45) is 2.62. The summed E-state index contributed by atoms with van der Waals surface area (Å²) >= 11 is 9.33. The second-order valence-corrected chi connectivity index (χ2v) is 7.24. The Hall–Kier alpha value is -0.800. The van der Waals surface area contributed by atoms with E-state index in [0.29, 0.717) is 26.8 Å². The van der Waals surface area contributed by atoms with Crippen molar-refractivity contribution in [1.82, 2.24) is 14.9 Å². The van der Waals surface area contributed by atoms with Crippen LogP contribution in [-0.2, 0) is 11.3 Å². The summed E-state index contributed by atoms with van der Waals surface area (Å²) in [6, 6.07) is 2.97. The molecule has 25 heavy (non-hydrogen) atoms. The van der Waals surface area contributed by atoms with Crippen molar-refractivity contribution in [3.05, 3.63) is 38.3 Å². The van der Waals surface area contributed by atoms with Gasteiger partial charge in [0.15, 0.2) is 5.78 Å². The Morgan fingerprint density at radius 1 is 1.48 bits per heavy atom. The number of hydrogen-bond acceptors (Lipinski definition) is 5. The molecule has 0 unspecified atom stereocenters. The number of aliphatic hydroxyl groups excluding tert-OH is 1. The van der Waals surface area contributed by atoms with Crippen LogP contribution in [0.4, 0.5) is 0 Å². The molecule has 1 aliphatic rings. The molecule has 2 aromatic rings. The molecule has 2 N–H and O–H groups in total. The molecule has 3 rings (SSSR count). The van der Waals surface area contributed by atoms with Crippen LogP contribution >= 0.6 is 44.5 Å². The van der Waals surface area contributed by atoms with Gasteiger partial charge in [-0.3, -0.25) is 14.2 Å². The van der Waals surface area contributed by atoms with Crippen molar-refractivity contribution in [2.75, 3.05) is 6.54 Å². The smallest absolute Gasteiger partial charge is 0.261 e. The van der Waals surface area contributed by atoms with Crippen molar-refractivity contribution >= 4 is 61.2 Å². The van der Waals surface area contributed by atoms with Gasteiger partial charge in [0.1, 0.15) is 0 Å². The van der Waals surface area contributed by atoms with Crippen LogP contribution in [0.3, 0.4) is 0 Å². The van der Waals surface area contributed by atoms with Crippen molar-refractivity contribution in [2.45, 2.75) is 38.0 Å². The van der Waals surface area contributed by atoms with E-state index in [2.05, 4.69) is 26.2 Å². The standard InChI is InChI=1S/C16H17BrClN3O3.BrH/c17-11-6-13-10(5-12(11)18)16(24)21(8-20-13)7-9(22)4-14-15(23)2-1-3-19-14;/h5-6,8,14-15,19,23H,1-4,7H2;1H/t14-,15-;/m1./s1. The van der Waals surface area contributed by atoms with Gasteiger partial charge in [-0.15, -0.1) is 17.0 Å². The highest BCUT2D eigenvalue weighted by molar-refractivity contribution is 9.10. The molecule has 1 aromatic heterocycles.